The quantitative estimate of drug-likeness (QED) is 0.442. The molecule has 0 aliphatic carbocycles. The predicted molar refractivity (Wildman–Crippen MR) is 104 cm³/mol. The molecule has 0 saturated carbocycles. The van der Waals surface area contributed by atoms with Crippen LogP contribution in [-0.2, 0) is 23.7 Å². The molecule has 0 spiro atoms. The van der Waals surface area contributed by atoms with E-state index in [2.05, 4.69) is 19.0 Å². The van der Waals surface area contributed by atoms with E-state index >= 15 is 0 Å². The highest BCUT2D eigenvalue weighted by atomic mass is 16.7. The maximum absolute atomic E-state index is 11.4. The van der Waals surface area contributed by atoms with Crippen LogP contribution in [0.25, 0.3) is 0 Å². The van der Waals surface area contributed by atoms with Gasteiger partial charge in [0.2, 0.25) is 6.23 Å². The topological polar surface area (TPSA) is 75.6 Å². The van der Waals surface area contributed by atoms with Crippen molar-refractivity contribution in [2.75, 3.05) is 19.8 Å². The van der Waals surface area contributed by atoms with Crippen molar-refractivity contribution < 1.29 is 23.7 Å². The molecule has 2 fully saturated rings. The molecule has 2 heterocycles. The summed E-state index contributed by atoms with van der Waals surface area (Å²) < 4.78 is 30.1. The van der Waals surface area contributed by atoms with Crippen molar-refractivity contribution in [1.82, 2.24) is 0 Å². The Labute approximate surface area is 166 Å². The molecule has 0 N–H and O–H groups in total. The normalized spacial score (nSPS) is 32.6. The van der Waals surface area contributed by atoms with Crippen LogP contribution in [0.4, 0.5) is 0 Å². The third kappa shape index (κ3) is 5.15. The van der Waals surface area contributed by atoms with Gasteiger partial charge in [-0.15, -0.1) is 4.91 Å². The van der Waals surface area contributed by atoms with Crippen molar-refractivity contribution in [3.05, 3.63) is 40.8 Å². The molecule has 0 amide bonds. The van der Waals surface area contributed by atoms with E-state index in [1.54, 1.807) is 0 Å². The number of nitrogens with zero attached hydrogens (tertiary/aromatic N) is 1. The zero-order chi connectivity index (χ0) is 19.8. The first-order chi connectivity index (χ1) is 13.8. The zero-order valence-corrected chi connectivity index (χ0v) is 16.7. The van der Waals surface area contributed by atoms with Gasteiger partial charge in [-0.3, -0.25) is 0 Å². The molecule has 2 aliphatic heterocycles. The van der Waals surface area contributed by atoms with E-state index in [0.717, 1.165) is 31.2 Å². The fourth-order valence-electron chi connectivity index (χ4n) is 3.52. The van der Waals surface area contributed by atoms with Crippen LogP contribution in [0.2, 0.25) is 0 Å². The zero-order valence-electron chi connectivity index (χ0n) is 16.7. The summed E-state index contributed by atoms with van der Waals surface area (Å²) in [4.78, 5) is 11.4. The molecule has 1 aromatic carbocycles. The number of hydrogen-bond acceptors (Lipinski definition) is 7. The minimum atomic E-state index is -0.926. The molecular weight excluding hydrogens is 362 g/mol. The molecule has 7 nitrogen and oxygen atoms in total. The van der Waals surface area contributed by atoms with Gasteiger partial charge in [0, 0.05) is 18.8 Å². The average Bonchev–Trinajstić information content (AvgIpc) is 2.75. The van der Waals surface area contributed by atoms with Gasteiger partial charge in [0.15, 0.2) is 6.29 Å². The second-order valence-electron chi connectivity index (χ2n) is 7.23. The number of unbranched alkanes of at least 4 members (excludes halogenated alkanes) is 2. The largest absolute Gasteiger partial charge is 0.372 e. The Morgan fingerprint density at radius 1 is 1.00 bits per heavy atom. The first kappa shape index (κ1) is 21.3. The highest BCUT2D eigenvalue weighted by Crippen LogP contribution is 2.36. The Hall–Kier alpha value is -1.38. The monoisotopic (exact) mass is 393 g/mol. The number of benzene rings is 1. The molecule has 3 rings (SSSR count). The van der Waals surface area contributed by atoms with Crippen LogP contribution in [0.3, 0.4) is 0 Å². The first-order valence-electron chi connectivity index (χ1n) is 10.3. The van der Waals surface area contributed by atoms with Crippen LogP contribution in [0.5, 0.6) is 0 Å². The van der Waals surface area contributed by atoms with Crippen molar-refractivity contribution in [3.63, 3.8) is 0 Å². The number of rotatable bonds is 10. The van der Waals surface area contributed by atoms with E-state index < -0.39 is 30.8 Å². The molecule has 2 saturated heterocycles. The van der Waals surface area contributed by atoms with Gasteiger partial charge in [-0.25, -0.2) is 0 Å². The SMILES string of the molecule is CCCCOC1C2OC(c3ccccc3)OCC2O[C@@H](N=O)C1OCCCC. The number of nitroso groups, excluding NO2 is 1. The molecule has 156 valence electrons. The number of hydrogen-bond donors (Lipinski definition) is 0. The first-order valence-corrected chi connectivity index (χ1v) is 10.3. The van der Waals surface area contributed by atoms with Crippen molar-refractivity contribution >= 4 is 0 Å². The van der Waals surface area contributed by atoms with Crippen LogP contribution in [0.15, 0.2) is 35.5 Å². The van der Waals surface area contributed by atoms with E-state index in [9.17, 15) is 4.91 Å². The van der Waals surface area contributed by atoms with E-state index in [-0.39, 0.29) is 6.10 Å². The third-order valence-electron chi connectivity index (χ3n) is 5.09. The van der Waals surface area contributed by atoms with Crippen molar-refractivity contribution in [1.29, 1.82) is 0 Å². The summed E-state index contributed by atoms with van der Waals surface area (Å²) in [6.07, 6.45) is 0.594. The molecule has 28 heavy (non-hydrogen) atoms. The summed E-state index contributed by atoms with van der Waals surface area (Å²) in [5.41, 5.74) is 0.937. The third-order valence-corrected chi connectivity index (χ3v) is 5.09. The van der Waals surface area contributed by atoms with Crippen molar-refractivity contribution in [2.24, 2.45) is 5.18 Å². The van der Waals surface area contributed by atoms with Crippen LogP contribution < -0.4 is 0 Å². The minimum absolute atomic E-state index is 0.311. The molecule has 0 radical (unpaired) electrons. The van der Waals surface area contributed by atoms with Gasteiger partial charge in [0.25, 0.3) is 0 Å². The second kappa shape index (κ2) is 11.0. The lowest BCUT2D eigenvalue weighted by molar-refractivity contribution is -0.336. The molecule has 6 atom stereocenters. The van der Waals surface area contributed by atoms with Gasteiger partial charge >= 0.3 is 0 Å². The lowest BCUT2D eigenvalue weighted by Gasteiger charge is -2.47. The van der Waals surface area contributed by atoms with E-state index in [1.807, 2.05) is 30.3 Å². The highest BCUT2D eigenvalue weighted by Gasteiger charge is 2.51. The summed E-state index contributed by atoms with van der Waals surface area (Å²) in [6.45, 7) is 5.61. The molecule has 0 bridgehead atoms. The van der Waals surface area contributed by atoms with Gasteiger partial charge in [-0.05, 0) is 18.0 Å². The van der Waals surface area contributed by atoms with Crippen LogP contribution in [0.1, 0.15) is 51.4 Å². The van der Waals surface area contributed by atoms with Gasteiger partial charge in [-0.2, -0.15) is 0 Å². The Kier molecular flexibility index (Phi) is 8.36. The average molecular weight is 393 g/mol. The number of fused-ring (bicyclic) bond motifs is 1. The summed E-state index contributed by atoms with van der Waals surface area (Å²) in [5.74, 6) is 0. The molecule has 2 aliphatic rings. The minimum Gasteiger partial charge on any atom is -0.372 e. The Bertz CT molecular complexity index is 586. The molecule has 5 unspecified atom stereocenters. The number of ether oxygens (including phenoxy) is 5. The smallest absolute Gasteiger partial charge is 0.219 e. The Morgan fingerprint density at radius 2 is 1.68 bits per heavy atom. The Balaban J connectivity index is 1.77. The molecule has 1 aromatic rings. The van der Waals surface area contributed by atoms with Crippen LogP contribution in [-0.4, -0.2) is 50.5 Å². The van der Waals surface area contributed by atoms with E-state index in [4.69, 9.17) is 23.7 Å². The maximum Gasteiger partial charge on any atom is 0.219 e. The van der Waals surface area contributed by atoms with Crippen LogP contribution in [0, 0.1) is 4.91 Å². The van der Waals surface area contributed by atoms with Gasteiger partial charge < -0.3 is 23.7 Å². The van der Waals surface area contributed by atoms with Crippen LogP contribution >= 0.6 is 0 Å². The van der Waals surface area contributed by atoms with E-state index in [0.29, 0.717) is 19.8 Å². The van der Waals surface area contributed by atoms with Gasteiger partial charge in [-0.1, -0.05) is 57.0 Å². The second-order valence-corrected chi connectivity index (χ2v) is 7.23. The molecule has 0 aromatic heterocycles. The lowest BCUT2D eigenvalue weighted by atomic mass is 9.96. The Morgan fingerprint density at radius 3 is 2.32 bits per heavy atom. The predicted octanol–water partition coefficient (Wildman–Crippen LogP) is 3.96. The lowest BCUT2D eigenvalue weighted by Crippen LogP contribution is -2.62. The summed E-state index contributed by atoms with van der Waals surface area (Å²) in [7, 11) is 0. The van der Waals surface area contributed by atoms with Crippen molar-refractivity contribution in [3.8, 4) is 0 Å². The molecular formula is C21H31NO6. The summed E-state index contributed by atoms with van der Waals surface area (Å²) in [5, 5.41) is 3.17. The molecule has 7 heteroatoms. The standard InChI is InChI=1S/C21H31NO6/c1-3-5-12-24-18-17-16(27-20(22-23)19(18)25-13-6-4-2)14-26-21(28-17)15-10-8-7-9-11-15/h7-11,16-21H,3-6,12-14H2,1-2H3/t16?,17?,18?,19?,20-,21?/m1/s1. The summed E-state index contributed by atoms with van der Waals surface area (Å²) >= 11 is 0. The highest BCUT2D eigenvalue weighted by molar-refractivity contribution is 5.16. The maximum atomic E-state index is 11.4. The summed E-state index contributed by atoms with van der Waals surface area (Å²) in [6, 6.07) is 9.78. The van der Waals surface area contributed by atoms with Gasteiger partial charge in [0.05, 0.1) is 6.61 Å². The fourth-order valence-corrected chi connectivity index (χ4v) is 3.52. The fraction of sp³-hybridized carbons (Fsp3) is 0.714. The van der Waals surface area contributed by atoms with E-state index in [1.165, 1.54) is 0 Å². The van der Waals surface area contributed by atoms with Crippen molar-refractivity contribution in [2.45, 2.75) is 76.5 Å². The van der Waals surface area contributed by atoms with Gasteiger partial charge in [0.1, 0.15) is 24.4 Å².